The number of esters is 1. The van der Waals surface area contributed by atoms with Crippen LogP contribution in [0.25, 0.3) is 0 Å². The number of carbonyl (C=O) groups excluding carboxylic acids is 1. The lowest BCUT2D eigenvalue weighted by Gasteiger charge is -2.50. The average molecular weight is 321 g/mol. The molecule has 1 aliphatic heterocycles. The second-order valence-electron chi connectivity index (χ2n) is 8.10. The Bertz CT molecular complexity index is 473. The van der Waals surface area contributed by atoms with Gasteiger partial charge in [-0.3, -0.25) is 4.79 Å². The van der Waals surface area contributed by atoms with Crippen LogP contribution in [0.15, 0.2) is 12.2 Å². The van der Waals surface area contributed by atoms with Gasteiger partial charge in [0, 0.05) is 18.5 Å². The fourth-order valence-corrected chi connectivity index (χ4v) is 5.12. The third kappa shape index (κ3) is 3.08. The van der Waals surface area contributed by atoms with Gasteiger partial charge >= 0.3 is 5.97 Å². The average Bonchev–Trinajstić information content (AvgIpc) is 2.81. The number of fused-ring (bicyclic) bond motifs is 2. The van der Waals surface area contributed by atoms with E-state index in [0.717, 1.165) is 25.7 Å². The highest BCUT2D eigenvalue weighted by Gasteiger charge is 2.54. The molecule has 0 unspecified atom stereocenters. The Morgan fingerprint density at radius 3 is 3.00 bits per heavy atom. The topological polar surface area (TPSA) is 58.6 Å². The molecule has 0 aromatic heterocycles. The lowest BCUT2D eigenvalue weighted by molar-refractivity contribution is -0.146. The first-order valence-corrected chi connectivity index (χ1v) is 9.21. The molecule has 23 heavy (non-hydrogen) atoms. The summed E-state index contributed by atoms with van der Waals surface area (Å²) in [5.41, 5.74) is 1.64. The molecule has 2 aliphatic carbocycles. The zero-order valence-corrected chi connectivity index (χ0v) is 14.5. The highest BCUT2D eigenvalue weighted by Crippen LogP contribution is 2.56. The van der Waals surface area contributed by atoms with Crippen molar-refractivity contribution < 1.29 is 14.6 Å². The molecule has 0 aromatic rings. The molecule has 3 rings (SSSR count). The molecular weight excluding hydrogens is 290 g/mol. The van der Waals surface area contributed by atoms with Crippen molar-refractivity contribution in [1.29, 1.82) is 0 Å². The molecule has 0 spiro atoms. The zero-order chi connectivity index (χ0) is 16.6. The van der Waals surface area contributed by atoms with Crippen LogP contribution in [0.4, 0.5) is 0 Å². The van der Waals surface area contributed by atoms with Gasteiger partial charge in [0.05, 0.1) is 12.5 Å². The van der Waals surface area contributed by atoms with Gasteiger partial charge in [0.1, 0.15) is 6.10 Å². The van der Waals surface area contributed by atoms with E-state index in [1.807, 2.05) is 6.92 Å². The lowest BCUT2D eigenvalue weighted by Crippen LogP contribution is -2.46. The van der Waals surface area contributed by atoms with Gasteiger partial charge in [-0.25, -0.2) is 0 Å². The number of carbonyl (C=O) groups is 1. The first-order valence-electron chi connectivity index (χ1n) is 9.21. The number of nitrogens with one attached hydrogen (secondary N) is 1. The van der Waals surface area contributed by atoms with Crippen molar-refractivity contribution >= 4 is 5.97 Å². The van der Waals surface area contributed by atoms with E-state index in [-0.39, 0.29) is 36.1 Å². The van der Waals surface area contributed by atoms with Crippen LogP contribution in [-0.4, -0.2) is 36.4 Å². The molecule has 3 fully saturated rings. The van der Waals surface area contributed by atoms with E-state index in [0.29, 0.717) is 18.4 Å². The minimum Gasteiger partial charge on any atom is -0.462 e. The van der Waals surface area contributed by atoms with E-state index < -0.39 is 0 Å². The third-order valence-electron chi connectivity index (χ3n) is 6.66. The summed E-state index contributed by atoms with van der Waals surface area (Å²) < 4.78 is 5.76. The van der Waals surface area contributed by atoms with Crippen LogP contribution >= 0.6 is 0 Å². The van der Waals surface area contributed by atoms with Gasteiger partial charge in [0.15, 0.2) is 0 Å². The maximum Gasteiger partial charge on any atom is 0.310 e. The monoisotopic (exact) mass is 321 g/mol. The maximum absolute atomic E-state index is 12.4. The number of ether oxygens (including phenoxy) is 1. The highest BCUT2D eigenvalue weighted by molar-refractivity contribution is 5.75. The Labute approximate surface area is 139 Å². The number of allylic oxidation sites excluding steroid dienone is 1. The van der Waals surface area contributed by atoms with Crippen LogP contribution in [0.2, 0.25) is 0 Å². The van der Waals surface area contributed by atoms with E-state index in [9.17, 15) is 9.90 Å². The van der Waals surface area contributed by atoms with E-state index in [1.165, 1.54) is 18.4 Å². The number of aliphatic hydroxyl groups excluding tert-OH is 1. The summed E-state index contributed by atoms with van der Waals surface area (Å²) in [5.74, 6) is 0.724. The minimum atomic E-state index is -0.0696. The second kappa shape index (κ2) is 6.56. The quantitative estimate of drug-likeness (QED) is 0.604. The molecule has 1 saturated heterocycles. The molecule has 2 saturated carbocycles. The Hall–Kier alpha value is -0.870. The molecule has 4 heteroatoms. The predicted molar refractivity (Wildman–Crippen MR) is 89.8 cm³/mol. The summed E-state index contributed by atoms with van der Waals surface area (Å²) in [4.78, 5) is 12.4. The molecule has 4 nitrogen and oxygen atoms in total. The second-order valence-corrected chi connectivity index (χ2v) is 8.10. The third-order valence-corrected chi connectivity index (χ3v) is 6.66. The van der Waals surface area contributed by atoms with Crippen molar-refractivity contribution in [3.8, 4) is 0 Å². The van der Waals surface area contributed by atoms with E-state index >= 15 is 0 Å². The molecule has 0 radical (unpaired) electrons. The van der Waals surface area contributed by atoms with E-state index in [4.69, 9.17) is 4.74 Å². The molecule has 3 aliphatic rings. The minimum absolute atomic E-state index is 0.0480. The van der Waals surface area contributed by atoms with Crippen LogP contribution in [0.5, 0.6) is 0 Å². The SMILES string of the molecule is C=C1CCC[C@]2(C)C[C@H]3OC(=O)[C@@H](CN[C@H](CC)CO)[C@H]3C[C@H]12. The van der Waals surface area contributed by atoms with Gasteiger partial charge in [-0.2, -0.15) is 0 Å². The number of aliphatic hydroxyl groups is 1. The summed E-state index contributed by atoms with van der Waals surface area (Å²) in [6.07, 6.45) is 6.55. The van der Waals surface area contributed by atoms with Crippen molar-refractivity contribution in [2.75, 3.05) is 13.2 Å². The standard InChI is InChI=1S/C19H31NO3/c1-4-13(11-21)20-10-15-14-8-16-12(2)6-5-7-19(16,3)9-17(14)23-18(15)22/h13-17,20-21H,2,4-11H2,1,3H3/t13-,14-,15+,16-,17-,19-/m1/s1. The van der Waals surface area contributed by atoms with Crippen LogP contribution < -0.4 is 5.32 Å². The molecule has 2 N–H and O–H groups in total. The smallest absolute Gasteiger partial charge is 0.310 e. The van der Waals surface area contributed by atoms with Crippen molar-refractivity contribution in [2.24, 2.45) is 23.2 Å². The largest absolute Gasteiger partial charge is 0.462 e. The van der Waals surface area contributed by atoms with Gasteiger partial charge in [-0.15, -0.1) is 0 Å². The summed E-state index contributed by atoms with van der Waals surface area (Å²) in [6.45, 7) is 9.46. The van der Waals surface area contributed by atoms with Gasteiger partial charge in [0.25, 0.3) is 0 Å². The molecule has 0 bridgehead atoms. The summed E-state index contributed by atoms with van der Waals surface area (Å²) >= 11 is 0. The first kappa shape index (κ1) is 17.0. The van der Waals surface area contributed by atoms with Gasteiger partial charge in [0.2, 0.25) is 0 Å². The molecule has 6 atom stereocenters. The van der Waals surface area contributed by atoms with Crippen molar-refractivity contribution in [3.63, 3.8) is 0 Å². The summed E-state index contributed by atoms with van der Waals surface area (Å²) in [7, 11) is 0. The van der Waals surface area contributed by atoms with Crippen LogP contribution in [0.3, 0.4) is 0 Å². The fraction of sp³-hybridized carbons (Fsp3) is 0.842. The Kier molecular flexibility index (Phi) is 4.84. The lowest BCUT2D eigenvalue weighted by atomic mass is 9.55. The first-order chi connectivity index (χ1) is 11.0. The fourth-order valence-electron chi connectivity index (χ4n) is 5.12. The van der Waals surface area contributed by atoms with Crippen molar-refractivity contribution in [1.82, 2.24) is 5.32 Å². The van der Waals surface area contributed by atoms with Gasteiger partial charge < -0.3 is 15.2 Å². The highest BCUT2D eigenvalue weighted by atomic mass is 16.6. The van der Waals surface area contributed by atoms with E-state index in [2.05, 4.69) is 18.8 Å². The molecule has 0 amide bonds. The molecule has 0 aromatic carbocycles. The van der Waals surface area contributed by atoms with Crippen molar-refractivity contribution in [2.45, 2.75) is 64.5 Å². The van der Waals surface area contributed by atoms with Crippen LogP contribution in [0, 0.1) is 23.2 Å². The van der Waals surface area contributed by atoms with Gasteiger partial charge in [-0.05, 0) is 49.9 Å². The summed E-state index contributed by atoms with van der Waals surface area (Å²) in [5, 5.41) is 12.7. The summed E-state index contributed by atoms with van der Waals surface area (Å²) in [6, 6.07) is 0.0698. The molecule has 1 heterocycles. The number of rotatable bonds is 5. The number of hydrogen-bond acceptors (Lipinski definition) is 4. The zero-order valence-electron chi connectivity index (χ0n) is 14.5. The molecule has 130 valence electrons. The van der Waals surface area contributed by atoms with Crippen LogP contribution in [0.1, 0.15) is 52.4 Å². The van der Waals surface area contributed by atoms with E-state index in [1.54, 1.807) is 0 Å². The predicted octanol–water partition coefficient (Wildman–Crippen LogP) is 2.66. The Morgan fingerprint density at radius 2 is 2.30 bits per heavy atom. The normalized spacial score (nSPS) is 41.2. The Morgan fingerprint density at radius 1 is 1.52 bits per heavy atom. The van der Waals surface area contributed by atoms with Crippen LogP contribution in [-0.2, 0) is 9.53 Å². The Balaban J connectivity index is 1.71. The molecular formula is C19H31NO3. The van der Waals surface area contributed by atoms with Crippen molar-refractivity contribution in [3.05, 3.63) is 12.2 Å². The van der Waals surface area contributed by atoms with Gasteiger partial charge in [-0.1, -0.05) is 26.0 Å². The maximum atomic E-state index is 12.4. The number of hydrogen-bond donors (Lipinski definition) is 2.